The molecule has 0 spiro atoms. The van der Waals surface area contributed by atoms with Crippen molar-refractivity contribution in [1.29, 1.82) is 0 Å². The minimum Gasteiger partial charge on any atom is -0.343 e. The summed E-state index contributed by atoms with van der Waals surface area (Å²) in [5.41, 5.74) is 3.11. The molecule has 2 rings (SSSR count). The number of hydrogen-bond donors (Lipinski definition) is 0. The Kier molecular flexibility index (Phi) is 2.65. The van der Waals surface area contributed by atoms with Gasteiger partial charge in [0.15, 0.2) is 5.78 Å². The fourth-order valence-electron chi connectivity index (χ4n) is 2.11. The maximum Gasteiger partial charge on any atom is 0.161 e. The fraction of sp³-hybridized carbons (Fsp3) is 0.214. The smallest absolute Gasteiger partial charge is 0.161 e. The highest BCUT2D eigenvalue weighted by Gasteiger charge is 2.12. The van der Waals surface area contributed by atoms with Crippen molar-refractivity contribution in [3.63, 3.8) is 0 Å². The molecule has 1 heterocycles. The quantitative estimate of drug-likeness (QED) is 0.566. The van der Waals surface area contributed by atoms with Crippen LogP contribution in [0.5, 0.6) is 0 Å². The van der Waals surface area contributed by atoms with E-state index in [1.54, 1.807) is 6.92 Å². The van der Waals surface area contributed by atoms with E-state index >= 15 is 0 Å². The minimum absolute atomic E-state index is 0.110. The molecule has 0 fully saturated rings. The summed E-state index contributed by atoms with van der Waals surface area (Å²) in [4.78, 5) is 11.5. The van der Waals surface area contributed by atoms with Crippen LogP contribution in [0.15, 0.2) is 37.1 Å². The van der Waals surface area contributed by atoms with Crippen LogP contribution in [0.25, 0.3) is 10.9 Å². The topological polar surface area (TPSA) is 22.0 Å². The van der Waals surface area contributed by atoms with E-state index in [-0.39, 0.29) is 5.78 Å². The molecule has 0 unspecified atom stereocenters. The number of allylic oxidation sites excluding steroid dienone is 1. The zero-order chi connectivity index (χ0) is 11.7. The molecule has 0 aliphatic rings. The van der Waals surface area contributed by atoms with Crippen molar-refractivity contribution in [2.75, 3.05) is 0 Å². The number of nitrogens with zero attached hydrogens (tertiary/aromatic N) is 1. The molecule has 82 valence electrons. The molecule has 2 heteroatoms. The molecule has 2 aromatic rings. The van der Waals surface area contributed by atoms with Crippen molar-refractivity contribution >= 4 is 16.7 Å². The van der Waals surface area contributed by atoms with Gasteiger partial charge in [0.1, 0.15) is 0 Å². The predicted molar refractivity (Wildman–Crippen MR) is 66.9 cm³/mol. The molecule has 0 bridgehead atoms. The summed E-state index contributed by atoms with van der Waals surface area (Å²) in [6.07, 6.45) is 3.76. The second-order valence-electron chi connectivity index (χ2n) is 4.01. The lowest BCUT2D eigenvalue weighted by Gasteiger charge is -2.03. The third-order valence-corrected chi connectivity index (χ3v) is 2.81. The van der Waals surface area contributed by atoms with Gasteiger partial charge in [-0.25, -0.2) is 0 Å². The van der Waals surface area contributed by atoms with Gasteiger partial charge in [-0.1, -0.05) is 24.3 Å². The molecule has 0 saturated carbocycles. The molecule has 0 atom stereocenters. The Morgan fingerprint density at radius 2 is 2.25 bits per heavy atom. The van der Waals surface area contributed by atoms with Crippen molar-refractivity contribution in [1.82, 2.24) is 4.57 Å². The molecule has 1 aromatic carbocycles. The number of benzene rings is 1. The molecule has 2 nitrogen and oxygen atoms in total. The van der Waals surface area contributed by atoms with Gasteiger partial charge in [0.05, 0.1) is 5.52 Å². The van der Waals surface area contributed by atoms with Gasteiger partial charge in [-0.3, -0.25) is 4.79 Å². The van der Waals surface area contributed by atoms with Crippen LogP contribution in [0, 0.1) is 6.92 Å². The molecule has 16 heavy (non-hydrogen) atoms. The van der Waals surface area contributed by atoms with Crippen molar-refractivity contribution in [2.45, 2.75) is 20.4 Å². The van der Waals surface area contributed by atoms with Crippen LogP contribution >= 0.6 is 0 Å². The zero-order valence-corrected chi connectivity index (χ0v) is 9.66. The lowest BCUT2D eigenvalue weighted by atomic mass is 10.1. The highest BCUT2D eigenvalue weighted by molar-refractivity contribution is 6.07. The number of aromatic nitrogens is 1. The van der Waals surface area contributed by atoms with Crippen LogP contribution in [0.1, 0.15) is 22.8 Å². The Morgan fingerprint density at radius 3 is 2.88 bits per heavy atom. The molecule has 0 aliphatic carbocycles. The number of rotatable bonds is 3. The molecule has 0 N–H and O–H groups in total. The van der Waals surface area contributed by atoms with Gasteiger partial charge in [-0.05, 0) is 19.4 Å². The first-order valence-corrected chi connectivity index (χ1v) is 5.35. The summed E-state index contributed by atoms with van der Waals surface area (Å²) in [7, 11) is 0. The molecular formula is C14H15NO. The summed E-state index contributed by atoms with van der Waals surface area (Å²) in [5.74, 6) is 0.110. The number of hydrogen-bond acceptors (Lipinski definition) is 1. The fourth-order valence-corrected chi connectivity index (χ4v) is 2.11. The van der Waals surface area contributed by atoms with Gasteiger partial charge in [0.25, 0.3) is 0 Å². The van der Waals surface area contributed by atoms with Crippen LogP contribution in [0.4, 0.5) is 0 Å². The first-order valence-electron chi connectivity index (χ1n) is 5.35. The number of fused-ring (bicyclic) bond motifs is 1. The van der Waals surface area contributed by atoms with Crippen molar-refractivity contribution in [2.24, 2.45) is 0 Å². The maximum absolute atomic E-state index is 11.5. The van der Waals surface area contributed by atoms with Crippen LogP contribution in [-0.2, 0) is 6.54 Å². The first kappa shape index (κ1) is 10.7. The average molecular weight is 213 g/mol. The van der Waals surface area contributed by atoms with Gasteiger partial charge in [-0.15, -0.1) is 6.58 Å². The number of carbonyl (C=O) groups is 1. The summed E-state index contributed by atoms with van der Waals surface area (Å²) >= 11 is 0. The van der Waals surface area contributed by atoms with Gasteiger partial charge in [-0.2, -0.15) is 0 Å². The van der Waals surface area contributed by atoms with Gasteiger partial charge in [0, 0.05) is 23.7 Å². The van der Waals surface area contributed by atoms with E-state index in [1.165, 1.54) is 5.56 Å². The lowest BCUT2D eigenvalue weighted by molar-refractivity contribution is 0.101. The molecule has 1 aromatic heterocycles. The van der Waals surface area contributed by atoms with E-state index in [9.17, 15) is 4.79 Å². The Morgan fingerprint density at radius 1 is 1.50 bits per heavy atom. The van der Waals surface area contributed by atoms with E-state index in [0.29, 0.717) is 0 Å². The van der Waals surface area contributed by atoms with Crippen LogP contribution < -0.4 is 0 Å². The third kappa shape index (κ3) is 1.56. The SMILES string of the molecule is C=CCn1cc(C(C)=O)c2cccc(C)c21. The third-order valence-electron chi connectivity index (χ3n) is 2.81. The lowest BCUT2D eigenvalue weighted by Crippen LogP contribution is -1.94. The van der Waals surface area contributed by atoms with E-state index in [2.05, 4.69) is 24.1 Å². The normalized spacial score (nSPS) is 10.6. The Labute approximate surface area is 95.2 Å². The van der Waals surface area contributed by atoms with E-state index in [1.807, 2.05) is 24.4 Å². The Balaban J connectivity index is 2.81. The van der Waals surface area contributed by atoms with Crippen LogP contribution in [0.3, 0.4) is 0 Å². The summed E-state index contributed by atoms with van der Waals surface area (Å²) < 4.78 is 2.08. The van der Waals surface area contributed by atoms with Crippen LogP contribution in [-0.4, -0.2) is 10.4 Å². The van der Waals surface area contributed by atoms with Gasteiger partial charge in [0.2, 0.25) is 0 Å². The number of aryl methyl sites for hydroxylation is 1. The number of Topliss-reactive ketones (excluding diaryl/α,β-unsaturated/α-hetero) is 1. The highest BCUT2D eigenvalue weighted by atomic mass is 16.1. The van der Waals surface area contributed by atoms with Crippen molar-refractivity contribution in [3.05, 3.63) is 48.2 Å². The Bertz CT molecular complexity index is 563. The van der Waals surface area contributed by atoms with Crippen molar-refractivity contribution < 1.29 is 4.79 Å². The number of ketones is 1. The van der Waals surface area contributed by atoms with Crippen LogP contribution in [0.2, 0.25) is 0 Å². The van der Waals surface area contributed by atoms with E-state index < -0.39 is 0 Å². The van der Waals surface area contributed by atoms with Gasteiger partial charge >= 0.3 is 0 Å². The second-order valence-corrected chi connectivity index (χ2v) is 4.01. The summed E-state index contributed by atoms with van der Waals surface area (Å²) in [6, 6.07) is 6.05. The van der Waals surface area contributed by atoms with Crippen molar-refractivity contribution in [3.8, 4) is 0 Å². The maximum atomic E-state index is 11.5. The minimum atomic E-state index is 0.110. The summed E-state index contributed by atoms with van der Waals surface area (Å²) in [6.45, 7) is 8.14. The zero-order valence-electron chi connectivity index (χ0n) is 9.66. The standard InChI is InChI=1S/C14H15NO/c1-4-8-15-9-13(11(3)16)12-7-5-6-10(2)14(12)15/h4-7,9H,1,8H2,2-3H3. The predicted octanol–water partition coefficient (Wildman–Crippen LogP) is 3.34. The summed E-state index contributed by atoms with van der Waals surface area (Å²) in [5, 5.41) is 1.04. The Hall–Kier alpha value is -1.83. The molecule has 0 radical (unpaired) electrons. The molecule has 0 amide bonds. The molecular weight excluding hydrogens is 198 g/mol. The molecule has 0 aliphatic heterocycles. The van der Waals surface area contributed by atoms with E-state index in [0.717, 1.165) is 23.0 Å². The number of para-hydroxylation sites is 1. The molecule has 0 saturated heterocycles. The van der Waals surface area contributed by atoms with Gasteiger partial charge < -0.3 is 4.57 Å². The largest absolute Gasteiger partial charge is 0.343 e. The number of carbonyl (C=O) groups excluding carboxylic acids is 1. The van der Waals surface area contributed by atoms with E-state index in [4.69, 9.17) is 0 Å². The highest BCUT2D eigenvalue weighted by Crippen LogP contribution is 2.24. The first-order chi connectivity index (χ1) is 7.65. The monoisotopic (exact) mass is 213 g/mol. The second kappa shape index (κ2) is 3.97. The average Bonchev–Trinajstić information content (AvgIpc) is 2.59.